The number of hydrogen-bond donors (Lipinski definition) is 1. The van der Waals surface area contributed by atoms with Gasteiger partial charge in [-0.15, -0.1) is 11.3 Å². The average molecular weight is 332 g/mol. The molecule has 1 aromatic rings. The zero-order chi connectivity index (χ0) is 15.5. The molecule has 1 aliphatic rings. The van der Waals surface area contributed by atoms with Crippen LogP contribution in [0.5, 0.6) is 0 Å². The van der Waals surface area contributed by atoms with Crippen molar-refractivity contribution >= 4 is 21.5 Å². The van der Waals surface area contributed by atoms with Crippen molar-refractivity contribution in [3.05, 3.63) is 22.4 Å². The normalized spacial score (nSPS) is 22.6. The van der Waals surface area contributed by atoms with Gasteiger partial charge in [0.2, 0.25) is 0 Å². The Hall–Kier alpha value is -0.470. The quantitative estimate of drug-likeness (QED) is 0.862. The summed E-state index contributed by atoms with van der Waals surface area (Å²) in [4.78, 5) is 1.21. The highest BCUT2D eigenvalue weighted by Crippen LogP contribution is 2.23. The molecule has 2 N–H and O–H groups in total. The Morgan fingerprint density at radius 2 is 2.29 bits per heavy atom. The second kappa shape index (κ2) is 7.19. The highest BCUT2D eigenvalue weighted by atomic mass is 32.2. The van der Waals surface area contributed by atoms with Crippen molar-refractivity contribution in [1.29, 1.82) is 0 Å². The highest BCUT2D eigenvalue weighted by Gasteiger charge is 2.36. The van der Waals surface area contributed by atoms with Gasteiger partial charge in [-0.1, -0.05) is 12.5 Å². The van der Waals surface area contributed by atoms with Gasteiger partial charge in [0, 0.05) is 37.1 Å². The van der Waals surface area contributed by atoms with E-state index >= 15 is 0 Å². The van der Waals surface area contributed by atoms with Crippen LogP contribution in [0.25, 0.3) is 0 Å². The largest absolute Gasteiger partial charge is 0.329 e. The Kier molecular flexibility index (Phi) is 5.79. The predicted molar refractivity (Wildman–Crippen MR) is 87.6 cm³/mol. The Morgan fingerprint density at radius 3 is 2.90 bits per heavy atom. The Bertz CT molecular complexity index is 530. The first-order valence-electron chi connectivity index (χ1n) is 7.44. The molecular weight excluding hydrogens is 306 g/mol. The molecule has 1 saturated heterocycles. The zero-order valence-electron chi connectivity index (χ0n) is 12.7. The SMILES string of the molecule is CC(Cc1cccs1)N(C)S(=O)(=O)N1CCCCC1CN. The van der Waals surface area contributed by atoms with Gasteiger partial charge in [0.15, 0.2) is 0 Å². The molecule has 1 aromatic heterocycles. The first-order chi connectivity index (χ1) is 9.96. The molecule has 2 atom stereocenters. The molecule has 2 rings (SSSR count). The fraction of sp³-hybridized carbons (Fsp3) is 0.714. The van der Waals surface area contributed by atoms with Crippen LogP contribution in [0.3, 0.4) is 0 Å². The van der Waals surface area contributed by atoms with Gasteiger partial charge < -0.3 is 5.73 Å². The Labute approximate surface area is 131 Å². The van der Waals surface area contributed by atoms with Crippen molar-refractivity contribution in [1.82, 2.24) is 8.61 Å². The van der Waals surface area contributed by atoms with Gasteiger partial charge in [-0.2, -0.15) is 17.0 Å². The number of nitrogens with zero attached hydrogens (tertiary/aromatic N) is 2. The van der Waals surface area contributed by atoms with Gasteiger partial charge >= 0.3 is 0 Å². The molecule has 0 bridgehead atoms. The van der Waals surface area contributed by atoms with Crippen molar-refractivity contribution in [2.45, 2.75) is 44.7 Å². The van der Waals surface area contributed by atoms with Gasteiger partial charge in [-0.25, -0.2) is 0 Å². The molecule has 0 radical (unpaired) electrons. The van der Waals surface area contributed by atoms with E-state index in [1.807, 2.05) is 24.4 Å². The molecular formula is C14H25N3O2S2. The Morgan fingerprint density at radius 1 is 1.52 bits per heavy atom. The molecule has 21 heavy (non-hydrogen) atoms. The summed E-state index contributed by atoms with van der Waals surface area (Å²) in [6, 6.07) is 3.93. The summed E-state index contributed by atoms with van der Waals surface area (Å²) < 4.78 is 28.7. The second-order valence-electron chi connectivity index (χ2n) is 5.65. The second-order valence-corrected chi connectivity index (χ2v) is 8.63. The number of piperidine rings is 1. The van der Waals surface area contributed by atoms with Gasteiger partial charge in [0.1, 0.15) is 0 Å². The molecule has 0 aromatic carbocycles. The third-order valence-corrected chi connectivity index (χ3v) is 7.26. The summed E-state index contributed by atoms with van der Waals surface area (Å²) >= 11 is 1.66. The van der Waals surface area contributed by atoms with Crippen molar-refractivity contribution in [2.75, 3.05) is 20.1 Å². The predicted octanol–water partition coefficient (Wildman–Crippen LogP) is 1.67. The van der Waals surface area contributed by atoms with E-state index in [2.05, 4.69) is 0 Å². The van der Waals surface area contributed by atoms with Crippen molar-refractivity contribution in [3.63, 3.8) is 0 Å². The van der Waals surface area contributed by atoms with Gasteiger partial charge in [-0.3, -0.25) is 0 Å². The molecule has 5 nitrogen and oxygen atoms in total. The summed E-state index contributed by atoms with van der Waals surface area (Å²) in [6.45, 7) is 2.94. The van der Waals surface area contributed by atoms with Crippen LogP contribution >= 0.6 is 11.3 Å². The molecule has 0 spiro atoms. The maximum atomic E-state index is 12.8. The summed E-state index contributed by atoms with van der Waals surface area (Å²) in [7, 11) is -1.76. The van der Waals surface area contributed by atoms with E-state index in [0.717, 1.165) is 25.7 Å². The molecule has 0 aliphatic carbocycles. The third kappa shape index (κ3) is 3.84. The summed E-state index contributed by atoms with van der Waals surface area (Å²) in [5.41, 5.74) is 5.75. The topological polar surface area (TPSA) is 66.6 Å². The number of rotatable bonds is 6. The van der Waals surface area contributed by atoms with Crippen LogP contribution in [0, 0.1) is 0 Å². The summed E-state index contributed by atoms with van der Waals surface area (Å²) in [5.74, 6) is 0. The van der Waals surface area contributed by atoms with Crippen LogP contribution < -0.4 is 5.73 Å². The smallest absolute Gasteiger partial charge is 0.282 e. The highest BCUT2D eigenvalue weighted by molar-refractivity contribution is 7.86. The summed E-state index contributed by atoms with van der Waals surface area (Å²) in [5, 5.41) is 2.02. The van der Waals surface area contributed by atoms with Crippen LogP contribution in [0.1, 0.15) is 31.1 Å². The van der Waals surface area contributed by atoms with Gasteiger partial charge in [0.05, 0.1) is 0 Å². The van der Waals surface area contributed by atoms with E-state index in [0.29, 0.717) is 13.1 Å². The molecule has 7 heteroatoms. The fourth-order valence-electron chi connectivity index (χ4n) is 2.75. The number of nitrogens with two attached hydrogens (primary N) is 1. The van der Waals surface area contributed by atoms with Gasteiger partial charge in [0.25, 0.3) is 10.2 Å². The van der Waals surface area contributed by atoms with E-state index in [9.17, 15) is 8.42 Å². The molecule has 1 fully saturated rings. The van der Waals surface area contributed by atoms with Crippen LogP contribution in [0.15, 0.2) is 17.5 Å². The summed E-state index contributed by atoms with van der Waals surface area (Å²) in [6.07, 6.45) is 3.59. The van der Waals surface area contributed by atoms with Crippen LogP contribution in [-0.4, -0.2) is 49.2 Å². The monoisotopic (exact) mass is 331 g/mol. The number of thiophene rings is 1. The molecule has 1 aliphatic heterocycles. The van der Waals surface area contributed by atoms with Crippen molar-refractivity contribution in [3.8, 4) is 0 Å². The first-order valence-corrected chi connectivity index (χ1v) is 9.71. The van der Waals surface area contributed by atoms with Crippen molar-refractivity contribution in [2.24, 2.45) is 5.73 Å². The lowest BCUT2D eigenvalue weighted by Gasteiger charge is -2.38. The van der Waals surface area contributed by atoms with Crippen LogP contribution in [0.4, 0.5) is 0 Å². The van der Waals surface area contributed by atoms with E-state index in [1.165, 1.54) is 9.18 Å². The Balaban J connectivity index is 2.09. The molecule has 0 saturated carbocycles. The molecule has 120 valence electrons. The zero-order valence-corrected chi connectivity index (χ0v) is 14.4. The lowest BCUT2D eigenvalue weighted by Crippen LogP contribution is -2.54. The van der Waals surface area contributed by atoms with E-state index in [4.69, 9.17) is 5.73 Å². The fourth-order valence-corrected chi connectivity index (χ4v) is 5.37. The average Bonchev–Trinajstić information content (AvgIpc) is 2.99. The lowest BCUT2D eigenvalue weighted by molar-refractivity contribution is 0.232. The van der Waals surface area contributed by atoms with Crippen LogP contribution in [-0.2, 0) is 16.6 Å². The first kappa shape index (κ1) is 16.9. The van der Waals surface area contributed by atoms with E-state index < -0.39 is 10.2 Å². The van der Waals surface area contributed by atoms with Gasteiger partial charge in [-0.05, 0) is 37.6 Å². The van der Waals surface area contributed by atoms with E-state index in [-0.39, 0.29) is 12.1 Å². The molecule has 2 heterocycles. The lowest BCUT2D eigenvalue weighted by atomic mass is 10.1. The standard InChI is InChI=1S/C14H25N3O2S2/c1-12(10-14-7-5-9-20-14)16(2)21(18,19)17-8-4-3-6-13(17)11-15/h5,7,9,12-13H,3-4,6,8,10-11,15H2,1-2H3. The minimum Gasteiger partial charge on any atom is -0.329 e. The number of hydrogen-bond acceptors (Lipinski definition) is 4. The maximum Gasteiger partial charge on any atom is 0.282 e. The van der Waals surface area contributed by atoms with E-state index in [1.54, 1.807) is 22.7 Å². The minimum atomic E-state index is -3.43. The maximum absolute atomic E-state index is 12.8. The minimum absolute atomic E-state index is 0.0554. The molecule has 0 amide bonds. The third-order valence-electron chi connectivity index (χ3n) is 4.20. The number of likely N-dealkylation sites (N-methyl/N-ethyl adjacent to an activating group) is 1. The van der Waals surface area contributed by atoms with Crippen LogP contribution in [0.2, 0.25) is 0 Å². The van der Waals surface area contributed by atoms with Crippen molar-refractivity contribution < 1.29 is 8.42 Å². The molecule has 2 unspecified atom stereocenters.